The third-order valence-corrected chi connectivity index (χ3v) is 2.13. The molecule has 0 spiro atoms. The van der Waals surface area contributed by atoms with Gasteiger partial charge in [-0.25, -0.2) is 4.98 Å². The Morgan fingerprint density at radius 2 is 2.33 bits per heavy atom. The highest BCUT2D eigenvalue weighted by Crippen LogP contribution is 2.06. The molecule has 4 nitrogen and oxygen atoms in total. The van der Waals surface area contributed by atoms with Crippen LogP contribution in [0.4, 0.5) is 5.95 Å². The van der Waals surface area contributed by atoms with Gasteiger partial charge in [-0.1, -0.05) is 13.8 Å². The van der Waals surface area contributed by atoms with Crippen LogP contribution >= 0.6 is 0 Å². The van der Waals surface area contributed by atoms with Gasteiger partial charge in [0, 0.05) is 39.2 Å². The van der Waals surface area contributed by atoms with Gasteiger partial charge in [0.2, 0.25) is 5.95 Å². The van der Waals surface area contributed by atoms with Crippen molar-refractivity contribution in [1.82, 2.24) is 9.55 Å². The molecule has 0 saturated carbocycles. The average Bonchev–Trinajstić information content (AvgIpc) is 2.63. The Balaban J connectivity index is 2.39. The summed E-state index contributed by atoms with van der Waals surface area (Å²) >= 11 is 0. The zero-order valence-corrected chi connectivity index (χ0v) is 9.86. The molecule has 0 unspecified atom stereocenters. The fourth-order valence-corrected chi connectivity index (χ4v) is 1.33. The molecular weight excluding hydrogens is 190 g/mol. The lowest BCUT2D eigenvalue weighted by Gasteiger charge is -2.11. The Kier molecular flexibility index (Phi) is 5.18. The number of rotatable bonds is 7. The first kappa shape index (κ1) is 12.0. The summed E-state index contributed by atoms with van der Waals surface area (Å²) in [4.78, 5) is 4.28. The fourth-order valence-electron chi connectivity index (χ4n) is 1.33. The molecule has 1 rings (SSSR count). The summed E-state index contributed by atoms with van der Waals surface area (Å²) in [6.07, 6.45) is 4.84. The molecule has 0 radical (unpaired) electrons. The maximum atomic E-state index is 5.02. The van der Waals surface area contributed by atoms with Gasteiger partial charge in [0.15, 0.2) is 0 Å². The number of hydrogen-bond acceptors (Lipinski definition) is 3. The molecule has 1 aromatic heterocycles. The highest BCUT2D eigenvalue weighted by molar-refractivity contribution is 5.25. The maximum absolute atomic E-state index is 5.02. The van der Waals surface area contributed by atoms with E-state index in [0.29, 0.717) is 5.92 Å². The van der Waals surface area contributed by atoms with E-state index in [0.717, 1.165) is 32.1 Å². The second kappa shape index (κ2) is 6.45. The van der Waals surface area contributed by atoms with Gasteiger partial charge >= 0.3 is 0 Å². The van der Waals surface area contributed by atoms with Crippen molar-refractivity contribution < 1.29 is 4.74 Å². The number of hydrogen-bond donors (Lipinski definition) is 1. The van der Waals surface area contributed by atoms with Crippen molar-refractivity contribution in [1.29, 1.82) is 0 Å². The number of ether oxygens (including phenoxy) is 1. The molecule has 0 aliphatic carbocycles. The molecule has 86 valence electrons. The number of nitrogens with one attached hydrogen (secondary N) is 1. The summed E-state index contributed by atoms with van der Waals surface area (Å²) in [6.45, 7) is 7.08. The van der Waals surface area contributed by atoms with E-state index in [4.69, 9.17) is 4.74 Å². The van der Waals surface area contributed by atoms with Crippen LogP contribution in [-0.4, -0.2) is 29.8 Å². The van der Waals surface area contributed by atoms with E-state index in [1.807, 2.05) is 12.4 Å². The molecule has 1 N–H and O–H groups in total. The van der Waals surface area contributed by atoms with Crippen molar-refractivity contribution in [3.05, 3.63) is 12.4 Å². The Bertz CT molecular complexity index is 271. The Morgan fingerprint density at radius 3 is 3.00 bits per heavy atom. The SMILES string of the molecule is COCCCn1ccnc1NCC(C)C. The van der Waals surface area contributed by atoms with Crippen LogP contribution in [0.2, 0.25) is 0 Å². The van der Waals surface area contributed by atoms with E-state index in [1.54, 1.807) is 7.11 Å². The van der Waals surface area contributed by atoms with Crippen LogP contribution in [0, 0.1) is 5.92 Å². The van der Waals surface area contributed by atoms with Crippen molar-refractivity contribution >= 4 is 5.95 Å². The highest BCUT2D eigenvalue weighted by Gasteiger charge is 2.02. The first-order chi connectivity index (χ1) is 7.24. The lowest BCUT2D eigenvalue weighted by atomic mass is 10.2. The van der Waals surface area contributed by atoms with E-state index in [1.165, 1.54) is 0 Å². The first-order valence-corrected chi connectivity index (χ1v) is 5.48. The molecule has 0 saturated heterocycles. The van der Waals surface area contributed by atoms with E-state index in [2.05, 4.69) is 28.7 Å². The minimum atomic E-state index is 0.633. The summed E-state index contributed by atoms with van der Waals surface area (Å²) in [5.41, 5.74) is 0. The number of imidazole rings is 1. The molecular formula is C11H21N3O. The molecule has 0 atom stereocenters. The summed E-state index contributed by atoms with van der Waals surface area (Å²) < 4.78 is 7.15. The molecule has 0 amide bonds. The molecule has 0 aromatic carbocycles. The first-order valence-electron chi connectivity index (χ1n) is 5.48. The van der Waals surface area contributed by atoms with Crippen molar-refractivity contribution in [2.45, 2.75) is 26.8 Å². The fraction of sp³-hybridized carbons (Fsp3) is 0.727. The third kappa shape index (κ3) is 4.34. The van der Waals surface area contributed by atoms with Crippen molar-refractivity contribution in [2.75, 3.05) is 25.6 Å². The van der Waals surface area contributed by atoms with Crippen LogP contribution in [0.25, 0.3) is 0 Å². The summed E-state index contributed by atoms with van der Waals surface area (Å²) in [5, 5.41) is 3.33. The zero-order chi connectivity index (χ0) is 11.1. The van der Waals surface area contributed by atoms with E-state index >= 15 is 0 Å². The quantitative estimate of drug-likeness (QED) is 0.701. The van der Waals surface area contributed by atoms with Gasteiger partial charge in [-0.15, -0.1) is 0 Å². The summed E-state index contributed by atoms with van der Waals surface area (Å²) in [7, 11) is 1.73. The third-order valence-electron chi connectivity index (χ3n) is 2.13. The van der Waals surface area contributed by atoms with Crippen LogP contribution in [0.5, 0.6) is 0 Å². The lowest BCUT2D eigenvalue weighted by Crippen LogP contribution is -2.13. The number of aromatic nitrogens is 2. The van der Waals surface area contributed by atoms with Gasteiger partial charge in [-0.3, -0.25) is 0 Å². The summed E-state index contributed by atoms with van der Waals surface area (Å²) in [5.74, 6) is 1.59. The monoisotopic (exact) mass is 211 g/mol. The smallest absolute Gasteiger partial charge is 0.202 e. The lowest BCUT2D eigenvalue weighted by molar-refractivity contribution is 0.190. The van der Waals surface area contributed by atoms with Crippen LogP contribution in [0.1, 0.15) is 20.3 Å². The molecule has 0 fully saturated rings. The minimum absolute atomic E-state index is 0.633. The number of nitrogens with zero attached hydrogens (tertiary/aromatic N) is 2. The van der Waals surface area contributed by atoms with Crippen LogP contribution in [0.15, 0.2) is 12.4 Å². The average molecular weight is 211 g/mol. The highest BCUT2D eigenvalue weighted by atomic mass is 16.5. The molecule has 4 heteroatoms. The molecule has 1 aromatic rings. The molecule has 0 aliphatic rings. The number of aryl methyl sites for hydroxylation is 1. The van der Waals surface area contributed by atoms with E-state index < -0.39 is 0 Å². The zero-order valence-electron chi connectivity index (χ0n) is 9.86. The van der Waals surface area contributed by atoms with Crippen molar-refractivity contribution in [2.24, 2.45) is 5.92 Å². The van der Waals surface area contributed by atoms with Gasteiger partial charge < -0.3 is 14.6 Å². The van der Waals surface area contributed by atoms with Gasteiger partial charge in [0.25, 0.3) is 0 Å². The standard InChI is InChI=1S/C11H21N3O/c1-10(2)9-13-11-12-5-7-14(11)6-4-8-15-3/h5,7,10H,4,6,8-9H2,1-3H3,(H,12,13). The van der Waals surface area contributed by atoms with E-state index in [-0.39, 0.29) is 0 Å². The Labute approximate surface area is 91.7 Å². The largest absolute Gasteiger partial charge is 0.385 e. The summed E-state index contributed by atoms with van der Waals surface area (Å²) in [6, 6.07) is 0. The van der Waals surface area contributed by atoms with Gasteiger partial charge in [-0.05, 0) is 12.3 Å². The van der Waals surface area contributed by atoms with Crippen LogP contribution in [-0.2, 0) is 11.3 Å². The van der Waals surface area contributed by atoms with Gasteiger partial charge in [0.1, 0.15) is 0 Å². The molecule has 0 aliphatic heterocycles. The maximum Gasteiger partial charge on any atom is 0.202 e. The van der Waals surface area contributed by atoms with Gasteiger partial charge in [0.05, 0.1) is 0 Å². The molecule has 1 heterocycles. The van der Waals surface area contributed by atoms with Gasteiger partial charge in [-0.2, -0.15) is 0 Å². The molecule has 0 bridgehead atoms. The van der Waals surface area contributed by atoms with Crippen LogP contribution in [0.3, 0.4) is 0 Å². The normalized spacial score (nSPS) is 10.9. The predicted octanol–water partition coefficient (Wildman–Crippen LogP) is 1.99. The second-order valence-electron chi connectivity index (χ2n) is 4.07. The Morgan fingerprint density at radius 1 is 1.53 bits per heavy atom. The van der Waals surface area contributed by atoms with E-state index in [9.17, 15) is 0 Å². The van der Waals surface area contributed by atoms with Crippen LogP contribution < -0.4 is 5.32 Å². The molecule has 15 heavy (non-hydrogen) atoms. The Hall–Kier alpha value is -1.03. The second-order valence-corrected chi connectivity index (χ2v) is 4.07. The number of methoxy groups -OCH3 is 1. The number of anilines is 1. The predicted molar refractivity (Wildman–Crippen MR) is 62.0 cm³/mol. The van der Waals surface area contributed by atoms with Crippen molar-refractivity contribution in [3.8, 4) is 0 Å². The topological polar surface area (TPSA) is 39.1 Å². The van der Waals surface area contributed by atoms with Crippen molar-refractivity contribution in [3.63, 3.8) is 0 Å². The minimum Gasteiger partial charge on any atom is -0.385 e.